The first-order valence-corrected chi connectivity index (χ1v) is 9.09. The third-order valence-corrected chi connectivity index (χ3v) is 5.74. The zero-order chi connectivity index (χ0) is 17.3. The van der Waals surface area contributed by atoms with Crippen molar-refractivity contribution in [1.29, 1.82) is 0 Å². The van der Waals surface area contributed by atoms with Gasteiger partial charge in [-0.15, -0.1) is 11.3 Å². The number of methoxy groups -OCH3 is 1. The Hall–Kier alpha value is -1.70. The van der Waals surface area contributed by atoms with Gasteiger partial charge in [0.25, 0.3) is 0 Å². The highest BCUT2D eigenvalue weighted by Crippen LogP contribution is 2.35. The van der Waals surface area contributed by atoms with Gasteiger partial charge >= 0.3 is 5.97 Å². The molecule has 24 heavy (non-hydrogen) atoms. The molecule has 0 amide bonds. The van der Waals surface area contributed by atoms with Gasteiger partial charge in [-0.3, -0.25) is 0 Å². The molecule has 0 bridgehead atoms. The van der Waals surface area contributed by atoms with Crippen LogP contribution in [-0.4, -0.2) is 23.0 Å². The molecule has 124 valence electrons. The predicted molar refractivity (Wildman–Crippen MR) is 94.5 cm³/mol. The smallest absolute Gasteiger partial charge is 0.348 e. The summed E-state index contributed by atoms with van der Waals surface area (Å²) in [4.78, 5) is 21.7. The second-order valence-electron chi connectivity index (χ2n) is 4.94. The van der Waals surface area contributed by atoms with Crippen LogP contribution in [-0.2, 0) is 10.5 Å². The van der Waals surface area contributed by atoms with Crippen molar-refractivity contribution >= 4 is 50.9 Å². The van der Waals surface area contributed by atoms with Crippen LogP contribution in [0.25, 0.3) is 10.2 Å². The van der Waals surface area contributed by atoms with Crippen LogP contribution in [0, 0.1) is 12.7 Å². The van der Waals surface area contributed by atoms with Gasteiger partial charge in [-0.25, -0.2) is 19.2 Å². The summed E-state index contributed by atoms with van der Waals surface area (Å²) in [5.74, 6) is -0.0861. The van der Waals surface area contributed by atoms with Crippen LogP contribution in [0.15, 0.2) is 29.4 Å². The molecule has 2 heterocycles. The molecule has 0 spiro atoms. The van der Waals surface area contributed by atoms with Crippen molar-refractivity contribution in [2.24, 2.45) is 0 Å². The summed E-state index contributed by atoms with van der Waals surface area (Å²) in [6.07, 6.45) is 0. The molecule has 0 saturated heterocycles. The van der Waals surface area contributed by atoms with Crippen molar-refractivity contribution in [2.75, 3.05) is 7.11 Å². The number of carbonyl (C=O) groups is 1. The normalized spacial score (nSPS) is 11.0. The molecule has 1 aromatic carbocycles. The van der Waals surface area contributed by atoms with Crippen molar-refractivity contribution in [1.82, 2.24) is 9.97 Å². The number of rotatable bonds is 4. The van der Waals surface area contributed by atoms with Crippen molar-refractivity contribution < 1.29 is 13.9 Å². The van der Waals surface area contributed by atoms with Gasteiger partial charge in [0.05, 0.1) is 12.5 Å². The van der Waals surface area contributed by atoms with E-state index in [1.807, 2.05) is 0 Å². The maximum absolute atomic E-state index is 12.9. The number of halogens is 2. The van der Waals surface area contributed by atoms with E-state index in [2.05, 4.69) is 9.97 Å². The van der Waals surface area contributed by atoms with Crippen LogP contribution in [0.4, 0.5) is 4.39 Å². The van der Waals surface area contributed by atoms with Gasteiger partial charge in [-0.1, -0.05) is 35.5 Å². The van der Waals surface area contributed by atoms with Gasteiger partial charge in [-0.2, -0.15) is 0 Å². The van der Waals surface area contributed by atoms with E-state index in [1.54, 1.807) is 19.1 Å². The van der Waals surface area contributed by atoms with Crippen LogP contribution in [0.5, 0.6) is 0 Å². The Morgan fingerprint density at radius 2 is 2.04 bits per heavy atom. The van der Waals surface area contributed by atoms with Gasteiger partial charge in [-0.05, 0) is 30.2 Å². The van der Waals surface area contributed by atoms with Gasteiger partial charge < -0.3 is 4.74 Å². The summed E-state index contributed by atoms with van der Waals surface area (Å²) in [5.41, 5.74) is 1.68. The number of aromatic nitrogens is 2. The van der Waals surface area contributed by atoms with Gasteiger partial charge in [0.2, 0.25) is 0 Å². The number of hydrogen-bond donors (Lipinski definition) is 0. The SMILES string of the molecule is COC(=O)c1sc2nc(SCc3ccc(F)cc3)nc(Cl)c2c1C. The Morgan fingerprint density at radius 3 is 2.71 bits per heavy atom. The maximum Gasteiger partial charge on any atom is 0.348 e. The minimum atomic E-state index is -0.410. The summed E-state index contributed by atoms with van der Waals surface area (Å²) in [6.45, 7) is 1.80. The second kappa shape index (κ2) is 7.04. The molecule has 0 aliphatic rings. The average molecular weight is 383 g/mol. The minimum absolute atomic E-state index is 0.270. The molecule has 0 unspecified atom stereocenters. The molecule has 3 aromatic rings. The molecule has 3 rings (SSSR count). The lowest BCUT2D eigenvalue weighted by molar-refractivity contribution is 0.0605. The van der Waals surface area contributed by atoms with Gasteiger partial charge in [0.1, 0.15) is 20.7 Å². The Kier molecular flexibility index (Phi) is 5.03. The van der Waals surface area contributed by atoms with Gasteiger partial charge in [0, 0.05) is 5.75 Å². The number of carbonyl (C=O) groups excluding carboxylic acids is 1. The monoisotopic (exact) mass is 382 g/mol. The standard InChI is InChI=1S/C16H12ClFN2O2S2/c1-8-11-13(17)19-16(20-14(11)24-12(8)15(21)22-2)23-7-9-3-5-10(18)6-4-9/h3-6H,7H2,1-2H3. The molecule has 0 saturated carbocycles. The highest BCUT2D eigenvalue weighted by Gasteiger charge is 2.20. The number of esters is 1. The largest absolute Gasteiger partial charge is 0.465 e. The van der Waals surface area contributed by atoms with Crippen LogP contribution in [0.3, 0.4) is 0 Å². The number of thioether (sulfide) groups is 1. The fourth-order valence-electron chi connectivity index (χ4n) is 2.15. The summed E-state index contributed by atoms with van der Waals surface area (Å²) >= 11 is 8.91. The number of hydrogen-bond acceptors (Lipinski definition) is 6. The van der Waals surface area contributed by atoms with Crippen LogP contribution >= 0.6 is 34.7 Å². The molecule has 4 nitrogen and oxygen atoms in total. The minimum Gasteiger partial charge on any atom is -0.465 e. The van der Waals surface area contributed by atoms with Crippen molar-refractivity contribution in [2.45, 2.75) is 17.8 Å². The van der Waals surface area contributed by atoms with Crippen LogP contribution < -0.4 is 0 Å². The number of thiophene rings is 1. The first kappa shape index (κ1) is 17.1. The van der Waals surface area contributed by atoms with E-state index in [0.29, 0.717) is 31.2 Å². The summed E-state index contributed by atoms with van der Waals surface area (Å²) < 4.78 is 17.7. The molecule has 0 aliphatic heterocycles. The second-order valence-corrected chi connectivity index (χ2v) is 7.24. The Labute approximate surface area is 151 Å². The lowest BCUT2D eigenvalue weighted by Gasteiger charge is -2.03. The fourth-order valence-corrected chi connectivity index (χ4v) is 4.53. The lowest BCUT2D eigenvalue weighted by atomic mass is 10.2. The zero-order valence-electron chi connectivity index (χ0n) is 12.8. The Morgan fingerprint density at radius 1 is 1.33 bits per heavy atom. The number of aryl methyl sites for hydroxylation is 1. The molecule has 8 heteroatoms. The molecular formula is C16H12ClFN2O2S2. The average Bonchev–Trinajstić information content (AvgIpc) is 2.91. The summed E-state index contributed by atoms with van der Waals surface area (Å²) in [7, 11) is 1.34. The van der Waals surface area contributed by atoms with Crippen LogP contribution in [0.1, 0.15) is 20.8 Å². The van der Waals surface area contributed by atoms with E-state index in [1.165, 1.54) is 42.3 Å². The molecule has 0 atom stereocenters. The van der Waals surface area contributed by atoms with Gasteiger partial charge in [0.15, 0.2) is 5.16 Å². The predicted octanol–water partition coefficient (Wildman–Crippen LogP) is 4.87. The number of fused-ring (bicyclic) bond motifs is 1. The van der Waals surface area contributed by atoms with Crippen LogP contribution in [0.2, 0.25) is 5.15 Å². The van der Waals surface area contributed by atoms with Crippen molar-refractivity contribution in [3.05, 3.63) is 51.2 Å². The topological polar surface area (TPSA) is 52.1 Å². The molecule has 2 aromatic heterocycles. The van der Waals surface area contributed by atoms with E-state index in [0.717, 1.165) is 11.1 Å². The lowest BCUT2D eigenvalue weighted by Crippen LogP contribution is -1.99. The van der Waals surface area contributed by atoms with E-state index in [9.17, 15) is 9.18 Å². The zero-order valence-corrected chi connectivity index (χ0v) is 15.2. The van der Waals surface area contributed by atoms with Crippen molar-refractivity contribution in [3.8, 4) is 0 Å². The summed E-state index contributed by atoms with van der Waals surface area (Å²) in [6, 6.07) is 6.26. The highest BCUT2D eigenvalue weighted by molar-refractivity contribution is 7.98. The number of nitrogens with zero attached hydrogens (tertiary/aromatic N) is 2. The van der Waals surface area contributed by atoms with E-state index in [-0.39, 0.29) is 5.82 Å². The first-order valence-electron chi connectivity index (χ1n) is 6.91. The Balaban J connectivity index is 1.90. The molecular weight excluding hydrogens is 371 g/mol. The Bertz CT molecular complexity index is 913. The molecule has 0 radical (unpaired) electrons. The third kappa shape index (κ3) is 3.38. The molecule has 0 fully saturated rings. The number of benzene rings is 1. The molecule has 0 N–H and O–H groups in total. The number of ether oxygens (including phenoxy) is 1. The van der Waals surface area contributed by atoms with E-state index >= 15 is 0 Å². The summed E-state index contributed by atoms with van der Waals surface area (Å²) in [5, 5.41) is 1.49. The third-order valence-electron chi connectivity index (χ3n) is 3.38. The fraction of sp³-hybridized carbons (Fsp3) is 0.188. The van der Waals surface area contributed by atoms with E-state index < -0.39 is 5.97 Å². The first-order chi connectivity index (χ1) is 11.5. The maximum atomic E-state index is 12.9. The highest BCUT2D eigenvalue weighted by atomic mass is 35.5. The van der Waals surface area contributed by atoms with Crippen molar-refractivity contribution in [3.63, 3.8) is 0 Å². The molecule has 0 aliphatic carbocycles. The quantitative estimate of drug-likeness (QED) is 0.279. The van der Waals surface area contributed by atoms with E-state index in [4.69, 9.17) is 16.3 Å².